The fourth-order valence-corrected chi connectivity index (χ4v) is 5.33. The van der Waals surface area contributed by atoms with E-state index in [1.807, 2.05) is 0 Å². The number of rotatable bonds is 8. The topological polar surface area (TPSA) is 153 Å². The van der Waals surface area contributed by atoms with Crippen LogP contribution in [0, 0.1) is 0 Å². The molecule has 1 amide bonds. The molecule has 0 saturated carbocycles. The van der Waals surface area contributed by atoms with E-state index in [0.29, 0.717) is 5.56 Å². The molecule has 0 bridgehead atoms. The van der Waals surface area contributed by atoms with Crippen molar-refractivity contribution in [3.05, 3.63) is 82.7 Å². The summed E-state index contributed by atoms with van der Waals surface area (Å²) in [4.78, 5) is 31.3. The summed E-state index contributed by atoms with van der Waals surface area (Å²) in [5, 5.41) is 9.41. The number of nitrogens with two attached hydrogens (primary N) is 1. The van der Waals surface area contributed by atoms with Gasteiger partial charge in [-0.1, -0.05) is 34.1 Å². The smallest absolute Gasteiger partial charge is 0.416 e. The molecule has 12 heteroatoms. The van der Waals surface area contributed by atoms with Crippen molar-refractivity contribution in [1.29, 1.82) is 0 Å². The van der Waals surface area contributed by atoms with Gasteiger partial charge in [-0.15, -0.1) is 0 Å². The maximum atomic E-state index is 13.9. The van der Waals surface area contributed by atoms with Crippen molar-refractivity contribution < 1.29 is 27.9 Å². The lowest BCUT2D eigenvalue weighted by molar-refractivity contribution is -0.135. The number of carboxylic acid groups (broad SMARTS) is 1. The number of hydrogen-bond acceptors (Lipinski definition) is 8. The van der Waals surface area contributed by atoms with Crippen LogP contribution >= 0.6 is 15.9 Å². The standard InChI is InChI=1S/C25H27BrN4O6S/c1-24(2,3)36-23(33)30(16-22(31)32)21-8-4-7-20(29-21)25(27,14-17-9-11-18(26)12-10-17)37(34,35)19-6-5-13-28-15-19/h4-13,15H,14,16,27H2,1-3H3,(H,31,32). The van der Waals surface area contributed by atoms with Crippen molar-refractivity contribution in [3.63, 3.8) is 0 Å². The van der Waals surface area contributed by atoms with Gasteiger partial charge in [0.1, 0.15) is 18.0 Å². The van der Waals surface area contributed by atoms with E-state index < -0.39 is 38.9 Å². The Morgan fingerprint density at radius 3 is 2.32 bits per heavy atom. The Bertz CT molecular complexity index is 1380. The van der Waals surface area contributed by atoms with Crippen LogP contribution in [0.15, 0.2) is 76.4 Å². The molecule has 0 aliphatic heterocycles. The Hall–Kier alpha value is -3.35. The molecule has 3 N–H and O–H groups in total. The van der Waals surface area contributed by atoms with Crippen LogP contribution in [0.5, 0.6) is 0 Å². The second kappa shape index (κ2) is 11.0. The number of anilines is 1. The highest BCUT2D eigenvalue weighted by atomic mass is 79.9. The van der Waals surface area contributed by atoms with Gasteiger partial charge in [-0.2, -0.15) is 0 Å². The van der Waals surface area contributed by atoms with Gasteiger partial charge in [-0.05, 0) is 62.7 Å². The molecule has 1 atom stereocenters. The minimum Gasteiger partial charge on any atom is -0.480 e. The van der Waals surface area contributed by atoms with Gasteiger partial charge in [0.05, 0.1) is 10.6 Å². The number of carbonyl (C=O) groups excluding carboxylic acids is 1. The number of amides is 1. The largest absolute Gasteiger partial charge is 0.480 e. The third-order valence-corrected chi connectivity index (χ3v) is 7.86. The lowest BCUT2D eigenvalue weighted by Crippen LogP contribution is -2.48. The Morgan fingerprint density at radius 2 is 1.76 bits per heavy atom. The van der Waals surface area contributed by atoms with Crippen molar-refractivity contribution >= 4 is 43.6 Å². The van der Waals surface area contributed by atoms with E-state index in [-0.39, 0.29) is 22.8 Å². The molecule has 0 spiro atoms. The Kier molecular flexibility index (Phi) is 8.35. The minimum absolute atomic E-state index is 0.0873. The molecule has 3 rings (SSSR count). The number of pyridine rings is 2. The van der Waals surface area contributed by atoms with E-state index in [1.54, 1.807) is 45.0 Å². The summed E-state index contributed by atoms with van der Waals surface area (Å²) in [5.41, 5.74) is 6.32. The predicted molar refractivity (Wildman–Crippen MR) is 141 cm³/mol. The molecule has 1 unspecified atom stereocenters. The minimum atomic E-state index is -4.29. The zero-order valence-electron chi connectivity index (χ0n) is 20.5. The first-order valence-electron chi connectivity index (χ1n) is 11.1. The van der Waals surface area contributed by atoms with Gasteiger partial charge in [-0.3, -0.25) is 14.7 Å². The molecule has 0 aliphatic carbocycles. The molecule has 0 fully saturated rings. The third-order valence-electron chi connectivity index (χ3n) is 5.16. The van der Waals surface area contributed by atoms with Gasteiger partial charge < -0.3 is 15.6 Å². The molecular formula is C25H27BrN4O6S. The predicted octanol–water partition coefficient (Wildman–Crippen LogP) is 3.89. The second-order valence-corrected chi connectivity index (χ2v) is 12.3. The summed E-state index contributed by atoms with van der Waals surface area (Å²) < 4.78 is 33.9. The molecule has 3 aromatic rings. The van der Waals surface area contributed by atoms with E-state index in [0.717, 1.165) is 9.37 Å². The highest BCUT2D eigenvalue weighted by Crippen LogP contribution is 2.34. The van der Waals surface area contributed by atoms with Crippen LogP contribution in [-0.2, 0) is 30.7 Å². The molecule has 2 aromatic heterocycles. The molecule has 0 radical (unpaired) electrons. The number of halogens is 1. The molecule has 196 valence electrons. The summed E-state index contributed by atoms with van der Waals surface area (Å²) in [6, 6.07) is 14.1. The van der Waals surface area contributed by atoms with Gasteiger partial charge in [-0.25, -0.2) is 18.2 Å². The van der Waals surface area contributed by atoms with Crippen molar-refractivity contribution in [3.8, 4) is 0 Å². The highest BCUT2D eigenvalue weighted by Gasteiger charge is 2.45. The Labute approximate surface area is 223 Å². The number of aromatic nitrogens is 2. The Balaban J connectivity index is 2.17. The second-order valence-electron chi connectivity index (χ2n) is 9.23. The first-order chi connectivity index (χ1) is 17.2. The number of benzene rings is 1. The maximum absolute atomic E-state index is 13.9. The zero-order valence-corrected chi connectivity index (χ0v) is 22.9. The highest BCUT2D eigenvalue weighted by molar-refractivity contribution is 9.10. The van der Waals surface area contributed by atoms with Crippen LogP contribution in [0.1, 0.15) is 32.0 Å². The molecule has 37 heavy (non-hydrogen) atoms. The number of nitrogens with zero attached hydrogens (tertiary/aromatic N) is 3. The van der Waals surface area contributed by atoms with E-state index in [9.17, 15) is 23.1 Å². The van der Waals surface area contributed by atoms with Crippen molar-refractivity contribution in [2.75, 3.05) is 11.4 Å². The van der Waals surface area contributed by atoms with Crippen LogP contribution in [-0.4, -0.2) is 47.7 Å². The van der Waals surface area contributed by atoms with Crippen LogP contribution < -0.4 is 10.6 Å². The maximum Gasteiger partial charge on any atom is 0.416 e. The summed E-state index contributed by atoms with van der Waals surface area (Å²) in [6.45, 7) is 4.15. The summed E-state index contributed by atoms with van der Waals surface area (Å²) in [5.74, 6) is -1.43. The van der Waals surface area contributed by atoms with Gasteiger partial charge in [0, 0.05) is 23.3 Å². The number of carbonyl (C=O) groups is 2. The average molecular weight is 591 g/mol. The molecule has 1 aromatic carbocycles. The fourth-order valence-electron chi connectivity index (χ4n) is 3.45. The number of hydrogen-bond donors (Lipinski definition) is 2. The van der Waals surface area contributed by atoms with E-state index in [2.05, 4.69) is 25.9 Å². The molecule has 0 aliphatic rings. The van der Waals surface area contributed by atoms with Crippen LogP contribution in [0.4, 0.5) is 10.6 Å². The quantitative estimate of drug-likeness (QED) is 0.397. The number of sulfone groups is 1. The summed E-state index contributed by atoms with van der Waals surface area (Å²) in [7, 11) is -4.29. The summed E-state index contributed by atoms with van der Waals surface area (Å²) in [6.07, 6.45) is 1.51. The lowest BCUT2D eigenvalue weighted by Gasteiger charge is -2.30. The molecule has 2 heterocycles. The van der Waals surface area contributed by atoms with Gasteiger partial charge in [0.15, 0.2) is 4.87 Å². The third kappa shape index (κ3) is 6.70. The van der Waals surface area contributed by atoms with Gasteiger partial charge >= 0.3 is 12.1 Å². The first-order valence-corrected chi connectivity index (χ1v) is 13.4. The van der Waals surface area contributed by atoms with Crippen LogP contribution in [0.2, 0.25) is 0 Å². The van der Waals surface area contributed by atoms with Crippen molar-refractivity contribution in [2.45, 2.75) is 42.6 Å². The molecular weight excluding hydrogens is 564 g/mol. The Morgan fingerprint density at radius 1 is 1.08 bits per heavy atom. The van der Waals surface area contributed by atoms with Gasteiger partial charge in [0.2, 0.25) is 9.84 Å². The molecule has 10 nitrogen and oxygen atoms in total. The fraction of sp³-hybridized carbons (Fsp3) is 0.280. The van der Waals surface area contributed by atoms with Crippen LogP contribution in [0.25, 0.3) is 0 Å². The van der Waals surface area contributed by atoms with E-state index in [4.69, 9.17) is 10.5 Å². The normalized spacial score (nSPS) is 13.4. The number of carboxylic acids is 1. The first kappa shape index (κ1) is 28.2. The van der Waals surface area contributed by atoms with E-state index in [1.165, 1.54) is 42.7 Å². The molecule has 0 saturated heterocycles. The monoisotopic (exact) mass is 590 g/mol. The van der Waals surface area contributed by atoms with Crippen LogP contribution in [0.3, 0.4) is 0 Å². The lowest BCUT2D eigenvalue weighted by atomic mass is 10.0. The summed E-state index contributed by atoms with van der Waals surface area (Å²) >= 11 is 3.36. The average Bonchev–Trinajstić information content (AvgIpc) is 2.83. The van der Waals surface area contributed by atoms with E-state index >= 15 is 0 Å². The zero-order chi connectivity index (χ0) is 27.4. The number of ether oxygens (including phenoxy) is 1. The number of aliphatic carboxylic acids is 1. The SMILES string of the molecule is CC(C)(C)OC(=O)N(CC(=O)O)c1cccc(C(N)(Cc2ccc(Br)cc2)S(=O)(=O)c2cccnc2)n1. The van der Waals surface area contributed by atoms with Gasteiger partial charge in [0.25, 0.3) is 0 Å². The van der Waals surface area contributed by atoms with Crippen molar-refractivity contribution in [2.24, 2.45) is 5.73 Å². The van der Waals surface area contributed by atoms with Crippen molar-refractivity contribution in [1.82, 2.24) is 9.97 Å².